The zero-order valence-electron chi connectivity index (χ0n) is 8.22. The first kappa shape index (κ1) is 9.97. The number of nitrogens with one attached hydrogen (secondary N) is 1. The first-order valence-corrected chi connectivity index (χ1v) is 5.23. The highest BCUT2D eigenvalue weighted by Gasteiger charge is 2.15. The van der Waals surface area contributed by atoms with Gasteiger partial charge >= 0.3 is 0 Å². The molecule has 1 aromatic rings. The third-order valence-electron chi connectivity index (χ3n) is 2.48. The van der Waals surface area contributed by atoms with Gasteiger partial charge in [0.15, 0.2) is 0 Å². The Balaban J connectivity index is 2.18. The normalized spacial score (nSPS) is 22.3. The Bertz CT molecular complexity index is 321. The molecule has 1 N–H and O–H groups in total. The second kappa shape index (κ2) is 4.30. The summed E-state index contributed by atoms with van der Waals surface area (Å²) >= 11 is 5.96. The van der Waals surface area contributed by atoms with Crippen LogP contribution in [0.25, 0.3) is 0 Å². The fourth-order valence-electron chi connectivity index (χ4n) is 1.65. The van der Waals surface area contributed by atoms with Crippen LogP contribution in [0.3, 0.4) is 0 Å². The van der Waals surface area contributed by atoms with Gasteiger partial charge in [0.1, 0.15) is 0 Å². The molecule has 1 saturated heterocycles. The molecule has 1 aromatic carbocycles. The van der Waals surface area contributed by atoms with E-state index in [1.165, 1.54) is 5.56 Å². The van der Waals surface area contributed by atoms with Gasteiger partial charge < -0.3 is 10.1 Å². The molecule has 0 radical (unpaired) electrons. The van der Waals surface area contributed by atoms with Gasteiger partial charge in [-0.15, -0.1) is 0 Å². The third kappa shape index (κ3) is 2.08. The van der Waals surface area contributed by atoms with Crippen molar-refractivity contribution in [3.63, 3.8) is 0 Å². The molecule has 1 atom stereocenters. The van der Waals surface area contributed by atoms with E-state index in [9.17, 15) is 0 Å². The van der Waals surface area contributed by atoms with Crippen molar-refractivity contribution in [3.05, 3.63) is 34.3 Å². The van der Waals surface area contributed by atoms with E-state index in [1.807, 2.05) is 19.1 Å². The summed E-state index contributed by atoms with van der Waals surface area (Å²) in [6, 6.07) is 6.07. The van der Waals surface area contributed by atoms with Crippen LogP contribution in [0.5, 0.6) is 0 Å². The lowest BCUT2D eigenvalue weighted by Gasteiger charge is -2.24. The summed E-state index contributed by atoms with van der Waals surface area (Å²) in [5.41, 5.74) is 2.32. The number of hydrogen-bond acceptors (Lipinski definition) is 2. The zero-order valence-corrected chi connectivity index (χ0v) is 8.97. The van der Waals surface area contributed by atoms with Crippen LogP contribution in [-0.2, 0) is 4.74 Å². The Hall–Kier alpha value is -0.570. The molecule has 1 aliphatic heterocycles. The van der Waals surface area contributed by atoms with Crippen molar-refractivity contribution in [2.75, 3.05) is 19.7 Å². The number of hydrogen-bond donors (Lipinski definition) is 1. The number of rotatable bonds is 1. The average Bonchev–Trinajstić information content (AvgIpc) is 2.23. The van der Waals surface area contributed by atoms with Crippen LogP contribution in [0.4, 0.5) is 0 Å². The average molecular weight is 212 g/mol. The van der Waals surface area contributed by atoms with Gasteiger partial charge in [0.2, 0.25) is 0 Å². The van der Waals surface area contributed by atoms with Gasteiger partial charge in [-0.3, -0.25) is 0 Å². The molecule has 0 spiro atoms. The SMILES string of the molecule is Cc1cc(C2CNCCO2)ccc1Cl. The second-order valence-electron chi connectivity index (χ2n) is 3.57. The quantitative estimate of drug-likeness (QED) is 0.770. The Labute approximate surface area is 89.2 Å². The minimum Gasteiger partial charge on any atom is -0.371 e. The van der Waals surface area contributed by atoms with Gasteiger partial charge in [-0.2, -0.15) is 0 Å². The number of benzene rings is 1. The number of aryl methyl sites for hydroxylation is 1. The van der Waals surface area contributed by atoms with E-state index in [-0.39, 0.29) is 6.10 Å². The molecule has 1 unspecified atom stereocenters. The van der Waals surface area contributed by atoms with Gasteiger partial charge in [-0.25, -0.2) is 0 Å². The Morgan fingerprint density at radius 3 is 3.00 bits per heavy atom. The fraction of sp³-hybridized carbons (Fsp3) is 0.455. The molecule has 0 amide bonds. The van der Waals surface area contributed by atoms with Crippen molar-refractivity contribution in [3.8, 4) is 0 Å². The number of halogens is 1. The maximum absolute atomic E-state index is 5.96. The number of ether oxygens (including phenoxy) is 1. The minimum absolute atomic E-state index is 0.180. The maximum Gasteiger partial charge on any atom is 0.0949 e. The fourth-order valence-corrected chi connectivity index (χ4v) is 1.77. The molecule has 1 heterocycles. The van der Waals surface area contributed by atoms with Crippen molar-refractivity contribution >= 4 is 11.6 Å². The highest BCUT2D eigenvalue weighted by Crippen LogP contribution is 2.23. The highest BCUT2D eigenvalue weighted by atomic mass is 35.5. The van der Waals surface area contributed by atoms with Gasteiger partial charge in [0, 0.05) is 18.1 Å². The molecule has 1 aliphatic rings. The number of morpholine rings is 1. The molecule has 76 valence electrons. The standard InChI is InChI=1S/C11H14ClNO/c1-8-6-9(2-3-10(8)12)11-7-13-4-5-14-11/h2-3,6,11,13H,4-5,7H2,1H3. The monoisotopic (exact) mass is 211 g/mol. The predicted molar refractivity (Wildman–Crippen MR) is 57.8 cm³/mol. The second-order valence-corrected chi connectivity index (χ2v) is 3.98. The molecule has 0 aromatic heterocycles. The van der Waals surface area contributed by atoms with E-state index >= 15 is 0 Å². The van der Waals surface area contributed by atoms with Crippen LogP contribution >= 0.6 is 11.6 Å². The summed E-state index contributed by atoms with van der Waals surface area (Å²) in [4.78, 5) is 0. The lowest BCUT2D eigenvalue weighted by atomic mass is 10.1. The van der Waals surface area contributed by atoms with E-state index in [4.69, 9.17) is 16.3 Å². The Kier molecular flexibility index (Phi) is 3.06. The summed E-state index contributed by atoms with van der Waals surface area (Å²) in [5, 5.41) is 4.13. The van der Waals surface area contributed by atoms with Crippen LogP contribution in [0.2, 0.25) is 5.02 Å². The van der Waals surface area contributed by atoms with Gasteiger partial charge in [-0.1, -0.05) is 23.7 Å². The molecule has 2 rings (SSSR count). The van der Waals surface area contributed by atoms with Crippen molar-refractivity contribution in [1.82, 2.24) is 5.32 Å². The summed E-state index contributed by atoms with van der Waals surface area (Å²) in [6.45, 7) is 4.64. The first-order valence-electron chi connectivity index (χ1n) is 4.86. The predicted octanol–water partition coefficient (Wildman–Crippen LogP) is 2.31. The van der Waals surface area contributed by atoms with Crippen molar-refractivity contribution in [2.24, 2.45) is 0 Å². The van der Waals surface area contributed by atoms with Crippen LogP contribution < -0.4 is 5.32 Å². The van der Waals surface area contributed by atoms with Crippen molar-refractivity contribution in [1.29, 1.82) is 0 Å². The van der Waals surface area contributed by atoms with Crippen LogP contribution in [0.1, 0.15) is 17.2 Å². The van der Waals surface area contributed by atoms with Gasteiger partial charge in [0.25, 0.3) is 0 Å². The molecule has 3 heteroatoms. The lowest BCUT2D eigenvalue weighted by Crippen LogP contribution is -2.33. The maximum atomic E-state index is 5.96. The van der Waals surface area contributed by atoms with Crippen LogP contribution in [-0.4, -0.2) is 19.7 Å². The highest BCUT2D eigenvalue weighted by molar-refractivity contribution is 6.31. The molecule has 0 aliphatic carbocycles. The molecule has 0 bridgehead atoms. The molecule has 0 saturated carbocycles. The van der Waals surface area contributed by atoms with E-state index < -0.39 is 0 Å². The van der Waals surface area contributed by atoms with Crippen molar-refractivity contribution < 1.29 is 4.74 Å². The molecular formula is C11H14ClNO. The van der Waals surface area contributed by atoms with E-state index in [0.29, 0.717) is 0 Å². The molecule has 14 heavy (non-hydrogen) atoms. The Morgan fingerprint density at radius 1 is 1.50 bits per heavy atom. The lowest BCUT2D eigenvalue weighted by molar-refractivity contribution is 0.0277. The smallest absolute Gasteiger partial charge is 0.0949 e. The topological polar surface area (TPSA) is 21.3 Å². The van der Waals surface area contributed by atoms with Gasteiger partial charge in [-0.05, 0) is 24.1 Å². The van der Waals surface area contributed by atoms with Crippen LogP contribution in [0, 0.1) is 6.92 Å². The molecular weight excluding hydrogens is 198 g/mol. The first-order chi connectivity index (χ1) is 6.77. The summed E-state index contributed by atoms with van der Waals surface area (Å²) in [7, 11) is 0. The molecule has 1 fully saturated rings. The largest absolute Gasteiger partial charge is 0.371 e. The zero-order chi connectivity index (χ0) is 9.97. The summed E-state index contributed by atoms with van der Waals surface area (Å²) < 4.78 is 5.65. The molecule has 2 nitrogen and oxygen atoms in total. The Morgan fingerprint density at radius 2 is 2.36 bits per heavy atom. The minimum atomic E-state index is 0.180. The summed E-state index contributed by atoms with van der Waals surface area (Å²) in [6.07, 6.45) is 0.180. The third-order valence-corrected chi connectivity index (χ3v) is 2.91. The van der Waals surface area contributed by atoms with E-state index in [2.05, 4.69) is 11.4 Å². The van der Waals surface area contributed by atoms with E-state index in [0.717, 1.165) is 30.3 Å². The van der Waals surface area contributed by atoms with Gasteiger partial charge in [0.05, 0.1) is 12.7 Å². The summed E-state index contributed by atoms with van der Waals surface area (Å²) in [5.74, 6) is 0. The van der Waals surface area contributed by atoms with E-state index in [1.54, 1.807) is 0 Å². The van der Waals surface area contributed by atoms with Crippen LogP contribution in [0.15, 0.2) is 18.2 Å². The van der Waals surface area contributed by atoms with Crippen molar-refractivity contribution in [2.45, 2.75) is 13.0 Å².